The van der Waals surface area contributed by atoms with Crippen LogP contribution in [0.1, 0.15) is 118 Å². The number of aromatic nitrogens is 4. The van der Waals surface area contributed by atoms with Gasteiger partial charge in [0.2, 0.25) is 0 Å². The number of sulfone groups is 2. The standard InChI is InChI=1S/C22H25ClN4O5S.C16H21N3O5S.C6H6ClNO/c1-21(8-9-21)33(30,31)22(10-11-22)13-27-12-7-16-17(24-26(2)18(16)20(27)29)19(28)25-32-15-5-3-14(23)4-6-15;1-15(4-5-15)25(23,24)16(6-7-16)9-19-8-3-10-11(14(21)22)17-18(2)12(10)13(19)20;7-5-1-3-6(9-8)4-2-5/h3-6H,7-13H2,1-2H3,(H,25,28);3-9H2,1-2H3,(H,21,22);1-4H,8H2. The molecule has 23 heteroatoms. The summed E-state index contributed by atoms with van der Waals surface area (Å²) in [6.07, 6.45) is 5.90. The first-order chi connectivity index (χ1) is 31.5. The van der Waals surface area contributed by atoms with Crippen LogP contribution < -0.4 is 21.1 Å². The van der Waals surface area contributed by atoms with E-state index in [0.29, 0.717) is 116 Å². The fourth-order valence-corrected chi connectivity index (χ4v) is 14.5. The van der Waals surface area contributed by atoms with Crippen LogP contribution in [0.3, 0.4) is 0 Å². The van der Waals surface area contributed by atoms with Gasteiger partial charge in [-0.3, -0.25) is 23.7 Å². The van der Waals surface area contributed by atoms with Crippen LogP contribution in [0.15, 0.2) is 48.5 Å². The van der Waals surface area contributed by atoms with E-state index in [1.165, 1.54) is 9.36 Å². The molecule has 0 radical (unpaired) electrons. The summed E-state index contributed by atoms with van der Waals surface area (Å²) in [6, 6.07) is 13.3. The number of fused-ring (bicyclic) bond motifs is 2. The quantitative estimate of drug-likeness (QED) is 0.156. The lowest BCUT2D eigenvalue weighted by Crippen LogP contribution is -2.48. The highest BCUT2D eigenvalue weighted by Gasteiger charge is 2.67. The molecule has 0 unspecified atom stereocenters. The van der Waals surface area contributed by atoms with Crippen LogP contribution in [-0.4, -0.2) is 120 Å². The minimum atomic E-state index is -3.31. The molecule has 4 aromatic rings. The maximum Gasteiger partial charge on any atom is 0.356 e. The first kappa shape index (κ1) is 48.2. The van der Waals surface area contributed by atoms with Gasteiger partial charge in [-0.25, -0.2) is 21.6 Å². The number of rotatable bonds is 13. The van der Waals surface area contributed by atoms with Gasteiger partial charge < -0.3 is 24.6 Å². The number of carbonyl (C=O) groups is 4. The summed E-state index contributed by atoms with van der Waals surface area (Å²) < 4.78 is 52.0. The molecule has 2 aromatic carbocycles. The van der Waals surface area contributed by atoms with Gasteiger partial charge in [-0.1, -0.05) is 23.2 Å². The van der Waals surface area contributed by atoms with Crippen LogP contribution in [-0.2, 0) is 46.6 Å². The molecule has 2 aliphatic heterocycles. The van der Waals surface area contributed by atoms with Crippen molar-refractivity contribution in [3.05, 3.63) is 92.5 Å². The van der Waals surface area contributed by atoms with Crippen molar-refractivity contribution in [2.24, 2.45) is 20.0 Å². The molecule has 6 aliphatic rings. The second-order valence-electron chi connectivity index (χ2n) is 18.7. The van der Waals surface area contributed by atoms with Crippen LogP contribution in [0.2, 0.25) is 10.0 Å². The Kier molecular flexibility index (Phi) is 12.5. The maximum absolute atomic E-state index is 13.3. The normalized spacial score (nSPS) is 19.9. The van der Waals surface area contributed by atoms with Gasteiger partial charge in [0.15, 0.2) is 36.8 Å². The number of nitrogens with one attached hydrogen (secondary N) is 1. The molecule has 4 aliphatic carbocycles. The number of amides is 3. The third kappa shape index (κ3) is 8.88. The SMILES string of the molecule is Cn1nc(C(=O)NOc2ccc(Cl)cc2)c2c1C(=O)N(CC1(S(=O)(=O)C3(C)CC3)CC1)CC2.Cn1nc(C(=O)O)c2c1C(=O)N(CC1(S(=O)(=O)C3(C)CC3)CC1)CC2.NOc1ccc(Cl)cc1. The minimum absolute atomic E-state index is 0.0928. The number of hydroxylamine groups is 1. The van der Waals surface area contributed by atoms with Crippen LogP contribution in [0.4, 0.5) is 0 Å². The molecule has 4 fully saturated rings. The molecule has 4 heterocycles. The fourth-order valence-electron chi connectivity index (χ4n) is 8.90. The van der Waals surface area contributed by atoms with Gasteiger partial charge >= 0.3 is 11.9 Å². The van der Waals surface area contributed by atoms with Crippen molar-refractivity contribution in [2.45, 2.75) is 97.0 Å². The first-order valence-electron chi connectivity index (χ1n) is 21.8. The molecular weight excluding hydrogens is 952 g/mol. The van der Waals surface area contributed by atoms with E-state index in [0.717, 1.165) is 0 Å². The Hall–Kier alpha value is -5.22. The zero-order chi connectivity index (χ0) is 48.5. The molecule has 360 valence electrons. The third-order valence-corrected chi connectivity index (χ3v) is 21.2. The predicted molar refractivity (Wildman–Crippen MR) is 245 cm³/mol. The van der Waals surface area contributed by atoms with Crippen LogP contribution >= 0.6 is 23.2 Å². The Morgan fingerprint density at radius 3 is 1.45 bits per heavy atom. The second kappa shape index (κ2) is 17.4. The molecule has 0 saturated heterocycles. The number of nitrogens with two attached hydrogens (primary N) is 1. The van der Waals surface area contributed by atoms with Gasteiger partial charge in [0.05, 0.1) is 19.0 Å². The van der Waals surface area contributed by atoms with Crippen molar-refractivity contribution in [2.75, 3.05) is 26.2 Å². The van der Waals surface area contributed by atoms with Crippen molar-refractivity contribution in [1.82, 2.24) is 34.8 Å². The van der Waals surface area contributed by atoms with E-state index in [-0.39, 0.29) is 42.0 Å². The molecule has 67 heavy (non-hydrogen) atoms. The molecule has 2 aromatic heterocycles. The molecule has 0 spiro atoms. The molecular formula is C44H52Cl2N8O11S2. The van der Waals surface area contributed by atoms with E-state index >= 15 is 0 Å². The third-order valence-electron chi connectivity index (χ3n) is 13.9. The summed E-state index contributed by atoms with van der Waals surface area (Å²) >= 11 is 11.4. The number of carboxylic acid groups (broad SMARTS) is 1. The molecule has 19 nitrogen and oxygen atoms in total. The van der Waals surface area contributed by atoms with Crippen molar-refractivity contribution in [3.8, 4) is 11.5 Å². The van der Waals surface area contributed by atoms with E-state index in [9.17, 15) is 41.1 Å². The summed E-state index contributed by atoms with van der Waals surface area (Å²) in [5, 5.41) is 18.6. The van der Waals surface area contributed by atoms with Crippen LogP contribution in [0.5, 0.6) is 11.5 Å². The van der Waals surface area contributed by atoms with Crippen LogP contribution in [0.25, 0.3) is 0 Å². The number of nitrogens with zero attached hydrogens (tertiary/aromatic N) is 6. The molecule has 4 N–H and O–H groups in total. The predicted octanol–water partition coefficient (Wildman–Crippen LogP) is 4.50. The highest BCUT2D eigenvalue weighted by Crippen LogP contribution is 2.57. The number of halogens is 2. The Balaban J connectivity index is 0.000000157. The second-order valence-corrected chi connectivity index (χ2v) is 25.3. The molecule has 4 saturated carbocycles. The highest BCUT2D eigenvalue weighted by molar-refractivity contribution is 7.95. The monoisotopic (exact) mass is 1000 g/mol. The Morgan fingerprint density at radius 2 is 1.07 bits per heavy atom. The number of carbonyl (C=O) groups excluding carboxylic acids is 3. The Morgan fingerprint density at radius 1 is 0.687 bits per heavy atom. The summed E-state index contributed by atoms with van der Waals surface area (Å²) in [5.41, 5.74) is 3.93. The minimum Gasteiger partial charge on any atom is -0.476 e. The van der Waals surface area contributed by atoms with E-state index in [1.54, 1.807) is 86.3 Å². The topological polar surface area (TPSA) is 255 Å². The Bertz CT molecular complexity index is 2870. The lowest BCUT2D eigenvalue weighted by Gasteiger charge is -2.32. The molecule has 10 rings (SSSR count). The van der Waals surface area contributed by atoms with Gasteiger partial charge in [0.1, 0.15) is 17.1 Å². The van der Waals surface area contributed by atoms with Gasteiger partial charge in [0, 0.05) is 61.4 Å². The summed E-state index contributed by atoms with van der Waals surface area (Å²) in [4.78, 5) is 63.0. The van der Waals surface area contributed by atoms with Gasteiger partial charge in [-0.2, -0.15) is 21.6 Å². The zero-order valence-corrected chi connectivity index (χ0v) is 40.5. The number of benzene rings is 2. The van der Waals surface area contributed by atoms with Gasteiger partial charge in [-0.15, -0.1) is 0 Å². The van der Waals surface area contributed by atoms with Crippen molar-refractivity contribution < 1.29 is 50.8 Å². The number of aromatic carboxylic acids is 1. The molecule has 3 amide bonds. The number of carboxylic acids is 1. The summed E-state index contributed by atoms with van der Waals surface area (Å²) in [5.74, 6) is 3.53. The average Bonchev–Trinajstić information content (AvgIpc) is 4.13. The number of hydrogen-bond acceptors (Lipinski definition) is 13. The lowest BCUT2D eigenvalue weighted by molar-refractivity contribution is 0.0684. The van der Waals surface area contributed by atoms with Crippen molar-refractivity contribution in [3.63, 3.8) is 0 Å². The highest BCUT2D eigenvalue weighted by atomic mass is 35.5. The van der Waals surface area contributed by atoms with Gasteiger partial charge in [-0.05, 0) is 127 Å². The van der Waals surface area contributed by atoms with Gasteiger partial charge in [0.25, 0.3) is 11.8 Å². The Labute approximate surface area is 397 Å². The van der Waals surface area contributed by atoms with E-state index in [4.69, 9.17) is 33.9 Å². The fraction of sp³-hybridized carbons (Fsp3) is 0.500. The van der Waals surface area contributed by atoms with Crippen molar-refractivity contribution in [1.29, 1.82) is 0 Å². The number of hydrogen-bond donors (Lipinski definition) is 3. The largest absolute Gasteiger partial charge is 0.476 e. The summed E-state index contributed by atoms with van der Waals surface area (Å²) in [6.45, 7) is 4.64. The average molecular weight is 1000 g/mol. The van der Waals surface area contributed by atoms with E-state index < -0.39 is 50.5 Å². The summed E-state index contributed by atoms with van der Waals surface area (Å²) in [7, 11) is -3.45. The van der Waals surface area contributed by atoms with E-state index in [2.05, 4.69) is 20.5 Å². The van der Waals surface area contributed by atoms with Crippen molar-refractivity contribution >= 4 is 66.6 Å². The number of aryl methyl sites for hydroxylation is 2. The first-order valence-corrected chi connectivity index (χ1v) is 25.5. The maximum atomic E-state index is 13.3. The van der Waals surface area contributed by atoms with Crippen LogP contribution in [0, 0.1) is 0 Å². The molecule has 0 atom stereocenters. The molecule has 0 bridgehead atoms. The zero-order valence-electron chi connectivity index (χ0n) is 37.4. The van der Waals surface area contributed by atoms with E-state index in [1.807, 2.05) is 0 Å². The lowest BCUT2D eigenvalue weighted by atomic mass is 10.0. The smallest absolute Gasteiger partial charge is 0.356 e.